The molecule has 20 heavy (non-hydrogen) atoms. The Bertz CT molecular complexity index is 519. The number of carbonyl (C=O) groups is 2. The van der Waals surface area contributed by atoms with Crippen LogP contribution in [0, 0.1) is 5.82 Å². The number of nitrogen functional groups attached to an aromatic ring is 1. The quantitative estimate of drug-likeness (QED) is 0.660. The first-order valence-electron chi connectivity index (χ1n) is 6.31. The van der Waals surface area contributed by atoms with Crippen molar-refractivity contribution in [3.8, 4) is 0 Å². The van der Waals surface area contributed by atoms with Gasteiger partial charge in [-0.15, -0.1) is 0 Å². The predicted octanol–water partition coefficient (Wildman–Crippen LogP) is 0.469. The number of nitrogens with two attached hydrogens (primary N) is 2. The van der Waals surface area contributed by atoms with Crippen molar-refractivity contribution in [2.24, 2.45) is 5.73 Å². The molecule has 0 fully saturated rings. The molecule has 110 valence electrons. The van der Waals surface area contributed by atoms with Gasteiger partial charge in [-0.25, -0.2) is 4.39 Å². The molecule has 1 rings (SSSR count). The maximum Gasteiger partial charge on any atom is 0.250 e. The van der Waals surface area contributed by atoms with Crippen molar-refractivity contribution in [2.45, 2.75) is 13.8 Å². The summed E-state index contributed by atoms with van der Waals surface area (Å²) in [6.07, 6.45) is 0. The number of rotatable bonds is 6. The largest absolute Gasteiger partial charge is 0.398 e. The molecule has 0 atom stereocenters. The van der Waals surface area contributed by atoms with Crippen molar-refractivity contribution in [3.63, 3.8) is 0 Å². The standard InChI is InChI=1S/C13H19FN4O2/c1-3-17-12(19)7-18(4-2)11-5-8(13(16)20)10(15)6-9(11)14/h5-6H,3-4,7,15H2,1-2H3,(H2,16,20)(H,17,19). The van der Waals surface area contributed by atoms with E-state index in [1.165, 1.54) is 11.0 Å². The molecule has 2 amide bonds. The molecule has 0 aliphatic heterocycles. The Morgan fingerprint density at radius 1 is 1.35 bits per heavy atom. The Labute approximate surface area is 116 Å². The summed E-state index contributed by atoms with van der Waals surface area (Å²) in [6.45, 7) is 4.45. The minimum absolute atomic E-state index is 0.0105. The lowest BCUT2D eigenvalue weighted by Crippen LogP contribution is -2.37. The SMILES string of the molecule is CCNC(=O)CN(CC)c1cc(C(N)=O)c(N)cc1F. The molecule has 0 unspecified atom stereocenters. The number of hydrogen-bond acceptors (Lipinski definition) is 4. The Hall–Kier alpha value is -2.31. The van der Waals surface area contributed by atoms with Gasteiger partial charge in [0.1, 0.15) is 5.82 Å². The van der Waals surface area contributed by atoms with Crippen LogP contribution < -0.4 is 21.7 Å². The average Bonchev–Trinajstić information content (AvgIpc) is 2.36. The van der Waals surface area contributed by atoms with Crippen LogP contribution in [0.2, 0.25) is 0 Å². The fourth-order valence-corrected chi connectivity index (χ4v) is 1.83. The van der Waals surface area contributed by atoms with Crippen molar-refractivity contribution in [1.82, 2.24) is 5.32 Å². The molecule has 0 saturated carbocycles. The third kappa shape index (κ3) is 3.59. The Morgan fingerprint density at radius 2 is 2.00 bits per heavy atom. The monoisotopic (exact) mass is 282 g/mol. The summed E-state index contributed by atoms with van der Waals surface area (Å²) >= 11 is 0. The maximum atomic E-state index is 14.0. The Kier molecular flexibility index (Phi) is 5.31. The lowest BCUT2D eigenvalue weighted by Gasteiger charge is -2.23. The van der Waals surface area contributed by atoms with E-state index in [0.29, 0.717) is 13.1 Å². The van der Waals surface area contributed by atoms with Gasteiger partial charge in [-0.05, 0) is 26.0 Å². The van der Waals surface area contributed by atoms with Crippen molar-refractivity contribution in [2.75, 3.05) is 30.3 Å². The van der Waals surface area contributed by atoms with Gasteiger partial charge in [0.2, 0.25) is 5.91 Å². The molecule has 0 bridgehead atoms. The summed E-state index contributed by atoms with van der Waals surface area (Å²) in [5.41, 5.74) is 10.9. The minimum atomic E-state index is -0.738. The van der Waals surface area contributed by atoms with Crippen molar-refractivity contribution in [1.29, 1.82) is 0 Å². The number of primary amides is 1. The minimum Gasteiger partial charge on any atom is -0.398 e. The number of amides is 2. The number of likely N-dealkylation sites (N-methyl/N-ethyl adjacent to an activating group) is 2. The number of benzene rings is 1. The number of nitrogens with one attached hydrogen (secondary N) is 1. The zero-order chi connectivity index (χ0) is 15.3. The smallest absolute Gasteiger partial charge is 0.250 e. The van der Waals surface area contributed by atoms with E-state index in [4.69, 9.17) is 11.5 Å². The average molecular weight is 282 g/mol. The van der Waals surface area contributed by atoms with Gasteiger partial charge in [0.25, 0.3) is 5.91 Å². The van der Waals surface area contributed by atoms with Crippen molar-refractivity contribution < 1.29 is 14.0 Å². The first-order valence-corrected chi connectivity index (χ1v) is 6.31. The number of hydrogen-bond donors (Lipinski definition) is 3. The van der Waals surface area contributed by atoms with E-state index >= 15 is 0 Å². The fourth-order valence-electron chi connectivity index (χ4n) is 1.83. The van der Waals surface area contributed by atoms with Crippen LogP contribution >= 0.6 is 0 Å². The highest BCUT2D eigenvalue weighted by Gasteiger charge is 2.17. The van der Waals surface area contributed by atoms with E-state index in [0.717, 1.165) is 6.07 Å². The van der Waals surface area contributed by atoms with E-state index in [2.05, 4.69) is 5.32 Å². The van der Waals surface area contributed by atoms with E-state index in [1.807, 2.05) is 0 Å². The maximum absolute atomic E-state index is 14.0. The Morgan fingerprint density at radius 3 is 2.50 bits per heavy atom. The van der Waals surface area contributed by atoms with Crippen LogP contribution in [0.1, 0.15) is 24.2 Å². The van der Waals surface area contributed by atoms with Crippen LogP contribution in [0.25, 0.3) is 0 Å². The van der Waals surface area contributed by atoms with Crippen LogP contribution in [-0.2, 0) is 4.79 Å². The van der Waals surface area contributed by atoms with E-state index < -0.39 is 11.7 Å². The second-order valence-electron chi connectivity index (χ2n) is 4.22. The zero-order valence-corrected chi connectivity index (χ0v) is 11.6. The lowest BCUT2D eigenvalue weighted by molar-refractivity contribution is -0.119. The highest BCUT2D eigenvalue weighted by Crippen LogP contribution is 2.25. The van der Waals surface area contributed by atoms with Gasteiger partial charge >= 0.3 is 0 Å². The number of anilines is 2. The van der Waals surface area contributed by atoms with Crippen LogP contribution in [0.3, 0.4) is 0 Å². The van der Waals surface area contributed by atoms with Gasteiger partial charge < -0.3 is 21.7 Å². The van der Waals surface area contributed by atoms with Gasteiger partial charge in [-0.2, -0.15) is 0 Å². The van der Waals surface area contributed by atoms with Gasteiger partial charge in [-0.1, -0.05) is 0 Å². The Balaban J connectivity index is 3.11. The molecule has 0 saturated heterocycles. The van der Waals surface area contributed by atoms with Gasteiger partial charge in [0, 0.05) is 18.8 Å². The van der Waals surface area contributed by atoms with Crippen molar-refractivity contribution in [3.05, 3.63) is 23.5 Å². The lowest BCUT2D eigenvalue weighted by atomic mass is 10.1. The number of halogens is 1. The first kappa shape index (κ1) is 15.7. The van der Waals surface area contributed by atoms with Gasteiger partial charge in [0.15, 0.2) is 0 Å². The molecule has 0 aliphatic carbocycles. The van der Waals surface area contributed by atoms with Gasteiger partial charge in [0.05, 0.1) is 17.8 Å². The molecular weight excluding hydrogens is 263 g/mol. The molecule has 6 nitrogen and oxygen atoms in total. The van der Waals surface area contributed by atoms with E-state index in [9.17, 15) is 14.0 Å². The third-order valence-electron chi connectivity index (χ3n) is 2.82. The molecule has 0 aliphatic rings. The van der Waals surface area contributed by atoms with Crippen LogP contribution in [0.4, 0.5) is 15.8 Å². The molecule has 1 aromatic rings. The number of carbonyl (C=O) groups excluding carboxylic acids is 2. The third-order valence-corrected chi connectivity index (χ3v) is 2.82. The first-order chi connectivity index (χ1) is 9.40. The van der Waals surface area contributed by atoms with Crippen LogP contribution in [-0.4, -0.2) is 31.4 Å². The van der Waals surface area contributed by atoms with E-state index in [-0.39, 0.29) is 29.4 Å². The second-order valence-corrected chi connectivity index (χ2v) is 4.22. The summed E-state index contributed by atoms with van der Waals surface area (Å²) in [7, 11) is 0. The summed E-state index contributed by atoms with van der Waals surface area (Å²) in [4.78, 5) is 24.3. The fraction of sp³-hybridized carbons (Fsp3) is 0.385. The normalized spacial score (nSPS) is 10.2. The molecule has 1 aromatic carbocycles. The summed E-state index contributed by atoms with van der Waals surface area (Å²) < 4.78 is 14.0. The van der Waals surface area contributed by atoms with Crippen molar-refractivity contribution >= 4 is 23.2 Å². The molecule has 0 heterocycles. The summed E-state index contributed by atoms with van der Waals surface area (Å²) in [6, 6.07) is 2.31. The zero-order valence-electron chi connectivity index (χ0n) is 11.6. The summed E-state index contributed by atoms with van der Waals surface area (Å²) in [5.74, 6) is -1.57. The van der Waals surface area contributed by atoms with Crippen LogP contribution in [0.5, 0.6) is 0 Å². The van der Waals surface area contributed by atoms with Crippen LogP contribution in [0.15, 0.2) is 12.1 Å². The topological polar surface area (TPSA) is 101 Å². The summed E-state index contributed by atoms with van der Waals surface area (Å²) in [5, 5.41) is 2.63. The van der Waals surface area contributed by atoms with E-state index in [1.54, 1.807) is 13.8 Å². The molecule has 5 N–H and O–H groups in total. The molecule has 0 radical (unpaired) electrons. The second kappa shape index (κ2) is 6.74. The number of nitrogens with zero attached hydrogens (tertiary/aromatic N) is 1. The van der Waals surface area contributed by atoms with Gasteiger partial charge in [-0.3, -0.25) is 9.59 Å². The highest BCUT2D eigenvalue weighted by atomic mass is 19.1. The molecular formula is C13H19FN4O2. The molecule has 7 heteroatoms. The molecule has 0 aromatic heterocycles. The predicted molar refractivity (Wildman–Crippen MR) is 75.9 cm³/mol. The molecule has 0 spiro atoms. The highest BCUT2D eigenvalue weighted by molar-refractivity contribution is 5.99.